The van der Waals surface area contributed by atoms with Crippen LogP contribution >= 0.6 is 0 Å². The normalized spacial score (nSPS) is 11.5. The maximum absolute atomic E-state index is 12.1. The third-order valence-electron chi connectivity index (χ3n) is 16.5. The minimum atomic E-state index is 0.00180. The van der Waals surface area contributed by atoms with Gasteiger partial charge in [0.15, 0.2) is 0 Å². The largest absolute Gasteiger partial charge is 0.466 e. The van der Waals surface area contributed by atoms with Crippen molar-refractivity contribution in [2.24, 2.45) is 0 Å². The van der Waals surface area contributed by atoms with Gasteiger partial charge in [-0.05, 0) is 25.7 Å². The van der Waals surface area contributed by atoms with E-state index in [1.807, 2.05) is 0 Å². The zero-order valence-corrected chi connectivity index (χ0v) is 51.3. The lowest BCUT2D eigenvalue weighted by Gasteiger charge is -2.06. The van der Waals surface area contributed by atoms with Crippen molar-refractivity contribution in [1.29, 1.82) is 0 Å². The van der Waals surface area contributed by atoms with Crippen LogP contribution in [0.4, 0.5) is 0 Å². The number of carbonyl (C=O) groups excluding carboxylic acids is 2. The summed E-state index contributed by atoms with van der Waals surface area (Å²) in [5, 5.41) is 0. The predicted octanol–water partition coefficient (Wildman–Crippen LogP) is 25.1. The molecule has 0 saturated carbocycles. The molecule has 0 heterocycles. The first-order valence-corrected chi connectivity index (χ1v) is 35.0. The number of ether oxygens (including phenoxy) is 2. The third kappa shape index (κ3) is 67.1. The van der Waals surface area contributed by atoms with Crippen molar-refractivity contribution in [3.63, 3.8) is 0 Å². The molecule has 442 valence electrons. The predicted molar refractivity (Wildman–Crippen MR) is 329 cm³/mol. The van der Waals surface area contributed by atoms with Crippen molar-refractivity contribution in [2.75, 3.05) is 13.2 Å². The van der Waals surface area contributed by atoms with Crippen molar-refractivity contribution in [3.05, 3.63) is 0 Å². The van der Waals surface area contributed by atoms with E-state index in [9.17, 15) is 9.59 Å². The number of hydrogen-bond acceptors (Lipinski definition) is 4. The summed E-state index contributed by atoms with van der Waals surface area (Å²) in [5.41, 5.74) is 0. The number of carbonyl (C=O) groups is 2. The van der Waals surface area contributed by atoms with E-state index < -0.39 is 0 Å². The van der Waals surface area contributed by atoms with Crippen LogP contribution in [0.2, 0.25) is 0 Å². The first kappa shape index (κ1) is 72.9. The molecule has 0 amide bonds. The molecule has 0 N–H and O–H groups in total. The third-order valence-corrected chi connectivity index (χ3v) is 16.5. The molecule has 0 aliphatic rings. The van der Waals surface area contributed by atoms with Gasteiger partial charge in [-0.1, -0.05) is 386 Å². The Morgan fingerprint density at radius 2 is 0.297 bits per heavy atom. The summed E-state index contributed by atoms with van der Waals surface area (Å²) in [6.07, 6.45) is 86.2. The van der Waals surface area contributed by atoms with Gasteiger partial charge in [-0.25, -0.2) is 0 Å². The Balaban J connectivity index is 3.20. The first-order chi connectivity index (χ1) is 36.7. The fourth-order valence-corrected chi connectivity index (χ4v) is 11.3. The van der Waals surface area contributed by atoms with Crippen molar-refractivity contribution in [3.8, 4) is 0 Å². The summed E-state index contributed by atoms with van der Waals surface area (Å²) >= 11 is 0. The first-order valence-electron chi connectivity index (χ1n) is 35.0. The molecule has 0 fully saturated rings. The molecule has 0 radical (unpaired) electrons. The Morgan fingerprint density at radius 1 is 0.176 bits per heavy atom. The maximum atomic E-state index is 12.1. The van der Waals surface area contributed by atoms with Gasteiger partial charge in [-0.15, -0.1) is 0 Å². The molecule has 0 unspecified atom stereocenters. The quantitative estimate of drug-likeness (QED) is 0.0450. The van der Waals surface area contributed by atoms with Crippen LogP contribution in [-0.4, -0.2) is 25.2 Å². The van der Waals surface area contributed by atoms with Crippen LogP contribution in [0.5, 0.6) is 0 Å². The molecule has 0 bridgehead atoms. The maximum Gasteiger partial charge on any atom is 0.305 e. The van der Waals surface area contributed by atoms with Gasteiger partial charge in [-0.3, -0.25) is 9.59 Å². The van der Waals surface area contributed by atoms with E-state index in [0.717, 1.165) is 51.4 Å². The average Bonchev–Trinajstić information content (AvgIpc) is 3.40. The summed E-state index contributed by atoms with van der Waals surface area (Å²) < 4.78 is 11.0. The second-order valence-corrected chi connectivity index (χ2v) is 24.2. The van der Waals surface area contributed by atoms with Gasteiger partial charge in [0.25, 0.3) is 0 Å². The summed E-state index contributed by atoms with van der Waals surface area (Å²) in [6, 6.07) is 0. The SMILES string of the molecule is CCCCCCCCCCCCCCCCCCCCCCCCCCCCCC(=O)OCCCCCCCCCCOC(=O)CCCCCCCCCCCCCCCCCCCCCCCCCCCCC. The molecular weight excluding hydrogens is 905 g/mol. The van der Waals surface area contributed by atoms with Crippen LogP contribution in [0, 0.1) is 0 Å². The van der Waals surface area contributed by atoms with Gasteiger partial charge in [0.2, 0.25) is 0 Å². The van der Waals surface area contributed by atoms with E-state index in [0.29, 0.717) is 26.1 Å². The summed E-state index contributed by atoms with van der Waals surface area (Å²) in [5.74, 6) is 0.00360. The highest BCUT2D eigenvalue weighted by atomic mass is 16.5. The van der Waals surface area contributed by atoms with E-state index in [2.05, 4.69) is 13.8 Å². The van der Waals surface area contributed by atoms with Crippen molar-refractivity contribution in [2.45, 2.75) is 425 Å². The smallest absolute Gasteiger partial charge is 0.305 e. The van der Waals surface area contributed by atoms with Gasteiger partial charge in [0.1, 0.15) is 0 Å². The Morgan fingerprint density at radius 3 is 0.446 bits per heavy atom. The molecule has 0 aromatic carbocycles. The highest BCUT2D eigenvalue weighted by Crippen LogP contribution is 2.19. The Kier molecular flexibility index (Phi) is 67.1. The van der Waals surface area contributed by atoms with Gasteiger partial charge in [-0.2, -0.15) is 0 Å². The van der Waals surface area contributed by atoms with Crippen LogP contribution in [0.25, 0.3) is 0 Å². The number of unbranched alkanes of at least 4 members (excludes halogenated alkanes) is 59. The fourth-order valence-electron chi connectivity index (χ4n) is 11.3. The molecule has 0 aliphatic heterocycles. The molecule has 0 atom stereocenters. The second-order valence-electron chi connectivity index (χ2n) is 24.2. The zero-order valence-electron chi connectivity index (χ0n) is 51.3. The molecule has 4 heteroatoms. The molecule has 0 spiro atoms. The van der Waals surface area contributed by atoms with Crippen LogP contribution < -0.4 is 0 Å². The van der Waals surface area contributed by atoms with Gasteiger partial charge in [0, 0.05) is 12.8 Å². The molecule has 0 aliphatic carbocycles. The Labute approximate surface area is 466 Å². The summed E-state index contributed by atoms with van der Waals surface area (Å²) in [7, 11) is 0. The minimum absolute atomic E-state index is 0.00180. The van der Waals surface area contributed by atoms with Crippen LogP contribution in [-0.2, 0) is 19.1 Å². The lowest BCUT2D eigenvalue weighted by Crippen LogP contribution is -2.05. The fraction of sp³-hybridized carbons (Fsp3) is 0.971. The summed E-state index contributed by atoms with van der Waals surface area (Å²) in [6.45, 7) is 5.78. The van der Waals surface area contributed by atoms with Crippen molar-refractivity contribution < 1.29 is 19.1 Å². The van der Waals surface area contributed by atoms with E-state index in [-0.39, 0.29) is 11.9 Å². The molecular formula is C70H138O4. The molecule has 0 rings (SSSR count). The molecule has 4 nitrogen and oxygen atoms in total. The van der Waals surface area contributed by atoms with Crippen LogP contribution in [0.3, 0.4) is 0 Å². The average molecular weight is 1040 g/mol. The van der Waals surface area contributed by atoms with E-state index >= 15 is 0 Å². The second kappa shape index (κ2) is 68.0. The molecule has 74 heavy (non-hydrogen) atoms. The number of rotatable bonds is 67. The lowest BCUT2D eigenvalue weighted by molar-refractivity contribution is -0.144. The highest BCUT2D eigenvalue weighted by molar-refractivity contribution is 5.69. The highest BCUT2D eigenvalue weighted by Gasteiger charge is 2.05. The van der Waals surface area contributed by atoms with Gasteiger partial charge in [0.05, 0.1) is 13.2 Å². The van der Waals surface area contributed by atoms with Crippen molar-refractivity contribution in [1.82, 2.24) is 0 Å². The summed E-state index contributed by atoms with van der Waals surface area (Å²) in [4.78, 5) is 24.3. The zero-order chi connectivity index (χ0) is 53.2. The lowest BCUT2D eigenvalue weighted by atomic mass is 10.0. The molecule has 0 aromatic heterocycles. The monoisotopic (exact) mass is 1040 g/mol. The molecule has 0 aromatic rings. The van der Waals surface area contributed by atoms with E-state index in [4.69, 9.17) is 9.47 Å². The van der Waals surface area contributed by atoms with Crippen LogP contribution in [0.1, 0.15) is 425 Å². The Hall–Kier alpha value is -1.06. The van der Waals surface area contributed by atoms with Crippen LogP contribution in [0.15, 0.2) is 0 Å². The number of hydrogen-bond donors (Lipinski definition) is 0. The Bertz CT molecular complexity index is 946. The van der Waals surface area contributed by atoms with Gasteiger partial charge >= 0.3 is 11.9 Å². The molecule has 0 saturated heterocycles. The van der Waals surface area contributed by atoms with E-state index in [1.165, 1.54) is 347 Å². The van der Waals surface area contributed by atoms with Gasteiger partial charge < -0.3 is 9.47 Å². The standard InChI is InChI=1S/C70H138O4/c1-3-5-7-9-11-13-15-17-19-21-23-25-27-29-31-33-35-37-39-41-43-45-47-49-53-57-61-65-69(71)73-67-63-59-55-51-52-56-60-64-68-74-70(72)66-62-58-54-50-48-46-44-42-40-38-36-34-32-30-28-26-24-22-20-18-16-14-12-10-8-6-4-2/h3-68H2,1-2H3. The number of esters is 2. The topological polar surface area (TPSA) is 52.6 Å². The van der Waals surface area contributed by atoms with E-state index in [1.54, 1.807) is 0 Å². The minimum Gasteiger partial charge on any atom is -0.466 e. The van der Waals surface area contributed by atoms with Crippen molar-refractivity contribution >= 4 is 11.9 Å².